The largest absolute Gasteiger partial charge is 0.482 e. The first-order valence-corrected chi connectivity index (χ1v) is 13.6. The molecule has 2 aromatic carbocycles. The van der Waals surface area contributed by atoms with Crippen molar-refractivity contribution in [2.45, 2.75) is 30.4 Å². The maximum absolute atomic E-state index is 12.6. The standard InChI is InChI=1S/C24H26N4O5S2/c1-27(2)35(30,31)19-7-3-5-17(12-19)25-24-28(13-18-6-4-10-32-18)21(15-34-24)16-8-9-22-20(11-16)26-23(29)14-33-22/h3,5,7-9,11-12,15,18H,4,6,10,13-14H2,1-2H3,(H,26,29)/t18-/m1/s1. The van der Waals surface area contributed by atoms with Crippen LogP contribution < -0.4 is 14.9 Å². The Hall–Kier alpha value is -2.99. The van der Waals surface area contributed by atoms with E-state index < -0.39 is 10.0 Å². The van der Waals surface area contributed by atoms with E-state index >= 15 is 0 Å². The molecule has 1 amide bonds. The van der Waals surface area contributed by atoms with E-state index in [0.29, 0.717) is 23.7 Å². The van der Waals surface area contributed by atoms with Crippen LogP contribution in [0, 0.1) is 0 Å². The van der Waals surface area contributed by atoms with E-state index in [2.05, 4.69) is 9.88 Å². The van der Waals surface area contributed by atoms with Gasteiger partial charge in [0.25, 0.3) is 5.91 Å². The van der Waals surface area contributed by atoms with Crippen LogP contribution in [0.25, 0.3) is 11.3 Å². The van der Waals surface area contributed by atoms with Crippen LogP contribution in [0.5, 0.6) is 5.75 Å². The number of sulfonamides is 1. The monoisotopic (exact) mass is 514 g/mol. The van der Waals surface area contributed by atoms with Crippen LogP contribution in [0.15, 0.2) is 57.7 Å². The van der Waals surface area contributed by atoms with E-state index in [0.717, 1.165) is 35.5 Å². The second-order valence-electron chi connectivity index (χ2n) is 8.59. The lowest BCUT2D eigenvalue weighted by Crippen LogP contribution is -2.25. The first-order valence-electron chi connectivity index (χ1n) is 11.3. The number of ether oxygens (including phenoxy) is 2. The molecule has 1 aromatic heterocycles. The van der Waals surface area contributed by atoms with Gasteiger partial charge >= 0.3 is 0 Å². The molecule has 35 heavy (non-hydrogen) atoms. The molecule has 1 atom stereocenters. The molecular formula is C24H26N4O5S2. The molecule has 5 rings (SSSR count). The summed E-state index contributed by atoms with van der Waals surface area (Å²) in [6.07, 6.45) is 2.05. The average Bonchev–Trinajstić information content (AvgIpc) is 3.49. The van der Waals surface area contributed by atoms with Gasteiger partial charge in [-0.2, -0.15) is 0 Å². The highest BCUT2D eigenvalue weighted by Crippen LogP contribution is 2.33. The number of carbonyl (C=O) groups is 1. The van der Waals surface area contributed by atoms with Crippen molar-refractivity contribution < 1.29 is 22.7 Å². The third-order valence-electron chi connectivity index (χ3n) is 5.94. The molecule has 184 valence electrons. The Morgan fingerprint density at radius 1 is 1.23 bits per heavy atom. The third-order valence-corrected chi connectivity index (χ3v) is 8.61. The maximum Gasteiger partial charge on any atom is 0.262 e. The number of thiazole rings is 1. The predicted octanol–water partition coefficient (Wildman–Crippen LogP) is 3.21. The molecule has 9 nitrogen and oxygen atoms in total. The van der Waals surface area contributed by atoms with Gasteiger partial charge in [-0.1, -0.05) is 6.07 Å². The van der Waals surface area contributed by atoms with Gasteiger partial charge in [0.1, 0.15) is 5.75 Å². The predicted molar refractivity (Wildman–Crippen MR) is 133 cm³/mol. The molecule has 3 aromatic rings. The molecule has 0 unspecified atom stereocenters. The number of rotatable bonds is 6. The number of amides is 1. The number of anilines is 1. The topological polar surface area (TPSA) is 102 Å². The minimum atomic E-state index is -3.57. The minimum Gasteiger partial charge on any atom is -0.482 e. The highest BCUT2D eigenvalue weighted by Gasteiger charge is 2.22. The molecule has 0 aliphatic carbocycles. The lowest BCUT2D eigenvalue weighted by atomic mass is 10.1. The fourth-order valence-corrected chi connectivity index (χ4v) is 5.98. The molecule has 11 heteroatoms. The van der Waals surface area contributed by atoms with Gasteiger partial charge in [-0.25, -0.2) is 17.7 Å². The summed E-state index contributed by atoms with van der Waals surface area (Å²) in [5, 5.41) is 4.88. The second-order valence-corrected chi connectivity index (χ2v) is 11.6. The number of fused-ring (bicyclic) bond motifs is 1. The maximum atomic E-state index is 12.6. The Bertz CT molecular complexity index is 1440. The van der Waals surface area contributed by atoms with Crippen molar-refractivity contribution >= 4 is 38.6 Å². The van der Waals surface area contributed by atoms with Crippen molar-refractivity contribution in [1.82, 2.24) is 8.87 Å². The van der Waals surface area contributed by atoms with Crippen LogP contribution in [-0.2, 0) is 26.1 Å². The Balaban J connectivity index is 1.58. The van der Waals surface area contributed by atoms with E-state index in [1.165, 1.54) is 29.7 Å². The second kappa shape index (κ2) is 9.57. The summed E-state index contributed by atoms with van der Waals surface area (Å²) in [7, 11) is -0.555. The summed E-state index contributed by atoms with van der Waals surface area (Å²) >= 11 is 1.47. The van der Waals surface area contributed by atoms with Crippen LogP contribution in [0.4, 0.5) is 11.4 Å². The van der Waals surface area contributed by atoms with E-state index in [9.17, 15) is 13.2 Å². The summed E-state index contributed by atoms with van der Waals surface area (Å²) in [6, 6.07) is 12.3. The number of hydrogen-bond acceptors (Lipinski definition) is 7. The van der Waals surface area contributed by atoms with Gasteiger partial charge in [0.15, 0.2) is 11.4 Å². The molecular weight excluding hydrogens is 488 g/mol. The first kappa shape index (κ1) is 23.7. The van der Waals surface area contributed by atoms with Crippen molar-refractivity contribution in [3.8, 4) is 17.0 Å². The Morgan fingerprint density at radius 3 is 2.86 bits per heavy atom. The molecule has 0 radical (unpaired) electrons. The quantitative estimate of drug-likeness (QED) is 0.544. The third kappa shape index (κ3) is 4.90. The summed E-state index contributed by atoms with van der Waals surface area (Å²) in [4.78, 5) is 17.5. The van der Waals surface area contributed by atoms with Crippen molar-refractivity contribution in [1.29, 1.82) is 0 Å². The number of hydrogen-bond donors (Lipinski definition) is 1. The van der Waals surface area contributed by atoms with Gasteiger partial charge in [-0.3, -0.25) is 4.79 Å². The summed E-state index contributed by atoms with van der Waals surface area (Å²) < 4.78 is 39.9. The lowest BCUT2D eigenvalue weighted by molar-refractivity contribution is -0.118. The molecule has 1 N–H and O–H groups in total. The number of nitrogens with zero attached hydrogens (tertiary/aromatic N) is 3. The summed E-state index contributed by atoms with van der Waals surface area (Å²) in [6.45, 7) is 1.37. The average molecular weight is 515 g/mol. The molecule has 3 heterocycles. The van der Waals surface area contributed by atoms with E-state index in [1.807, 2.05) is 23.6 Å². The molecule has 2 aliphatic heterocycles. The Kier molecular flexibility index (Phi) is 6.49. The van der Waals surface area contributed by atoms with Crippen LogP contribution in [0.1, 0.15) is 12.8 Å². The smallest absolute Gasteiger partial charge is 0.262 e. The van der Waals surface area contributed by atoms with Crippen molar-refractivity contribution in [2.75, 3.05) is 32.6 Å². The molecule has 0 bridgehead atoms. The highest BCUT2D eigenvalue weighted by atomic mass is 32.2. The molecule has 1 saturated heterocycles. The van der Waals surface area contributed by atoms with Crippen LogP contribution in [-0.4, -0.2) is 56.6 Å². The molecule has 0 spiro atoms. The van der Waals surface area contributed by atoms with Crippen LogP contribution >= 0.6 is 11.3 Å². The number of benzene rings is 2. The molecule has 1 fully saturated rings. The molecule has 0 saturated carbocycles. The zero-order chi connectivity index (χ0) is 24.6. The van der Waals surface area contributed by atoms with Gasteiger partial charge in [-0.05, 0) is 49.2 Å². The van der Waals surface area contributed by atoms with Gasteiger partial charge < -0.3 is 19.4 Å². The van der Waals surface area contributed by atoms with E-state index in [-0.39, 0.29) is 23.5 Å². The van der Waals surface area contributed by atoms with Crippen LogP contribution in [0.2, 0.25) is 0 Å². The SMILES string of the molecule is CN(C)S(=O)(=O)c1cccc(N=c2scc(-c3ccc4c(c3)NC(=O)CO4)n2C[C@H]2CCCO2)c1. The zero-order valence-corrected chi connectivity index (χ0v) is 21.1. The van der Waals surface area contributed by atoms with Gasteiger partial charge in [0, 0.05) is 31.6 Å². The van der Waals surface area contributed by atoms with Crippen molar-refractivity contribution in [3.05, 3.63) is 52.6 Å². The van der Waals surface area contributed by atoms with Gasteiger partial charge in [-0.15, -0.1) is 11.3 Å². The van der Waals surface area contributed by atoms with Gasteiger partial charge in [0.05, 0.1) is 34.6 Å². The first-order chi connectivity index (χ1) is 16.8. The number of nitrogens with one attached hydrogen (secondary N) is 1. The Labute approximate surface area is 207 Å². The summed E-state index contributed by atoms with van der Waals surface area (Å²) in [5.74, 6) is 0.452. The fraction of sp³-hybridized carbons (Fsp3) is 0.333. The van der Waals surface area contributed by atoms with E-state index in [1.54, 1.807) is 24.3 Å². The lowest BCUT2D eigenvalue weighted by Gasteiger charge is -2.19. The summed E-state index contributed by atoms with van der Waals surface area (Å²) in [5.41, 5.74) is 3.03. The van der Waals surface area contributed by atoms with Crippen molar-refractivity contribution in [2.24, 2.45) is 4.99 Å². The van der Waals surface area contributed by atoms with Gasteiger partial charge in [0.2, 0.25) is 10.0 Å². The van der Waals surface area contributed by atoms with Crippen molar-refractivity contribution in [3.63, 3.8) is 0 Å². The Morgan fingerprint density at radius 2 is 2.09 bits per heavy atom. The minimum absolute atomic E-state index is 0.00938. The normalized spacial score (nSPS) is 18.4. The number of aromatic nitrogens is 1. The fourth-order valence-electron chi connectivity index (χ4n) is 4.10. The van der Waals surface area contributed by atoms with E-state index in [4.69, 9.17) is 14.5 Å². The molecule has 2 aliphatic rings. The number of carbonyl (C=O) groups excluding carboxylic acids is 1. The zero-order valence-electron chi connectivity index (χ0n) is 19.4. The highest BCUT2D eigenvalue weighted by molar-refractivity contribution is 7.89. The van der Waals surface area contributed by atoms with Crippen LogP contribution in [0.3, 0.4) is 0 Å².